The fourth-order valence-electron chi connectivity index (χ4n) is 3.43. The molecule has 0 amide bonds. The first kappa shape index (κ1) is 31.6. The van der Waals surface area contributed by atoms with Gasteiger partial charge in [0.1, 0.15) is 22.1 Å². The van der Waals surface area contributed by atoms with Gasteiger partial charge in [-0.05, 0) is 59.7 Å². The van der Waals surface area contributed by atoms with Crippen molar-refractivity contribution >= 4 is 21.5 Å². The van der Waals surface area contributed by atoms with Crippen molar-refractivity contribution in [2.45, 2.75) is 51.9 Å². The van der Waals surface area contributed by atoms with Crippen LogP contribution in [0.4, 0.5) is 0 Å². The van der Waals surface area contributed by atoms with E-state index < -0.39 is 26.9 Å². The van der Waals surface area contributed by atoms with Crippen LogP contribution < -0.4 is 12.5 Å². The van der Waals surface area contributed by atoms with Crippen LogP contribution >= 0.6 is 0 Å². The molecule has 1 unspecified atom stereocenters. The molecule has 0 bridgehead atoms. The molecule has 0 aliphatic carbocycles. The molecule has 4 aromatic carbocycles. The molecule has 1 atom stereocenters. The van der Waals surface area contributed by atoms with E-state index in [0.29, 0.717) is 11.5 Å². The number of benzene rings is 4. The van der Waals surface area contributed by atoms with Gasteiger partial charge < -0.3 is 12.5 Å². The molecule has 6 nitrogen and oxygen atoms in total. The average molecular weight is 569 g/mol. The van der Waals surface area contributed by atoms with E-state index in [0.717, 1.165) is 11.1 Å². The predicted octanol–water partition coefficient (Wildman–Crippen LogP) is 7.87. The Labute approximate surface area is 235 Å². The Morgan fingerprint density at radius 2 is 0.949 bits per heavy atom. The molecule has 0 spiro atoms. The van der Waals surface area contributed by atoms with Crippen LogP contribution in [0.3, 0.4) is 0 Å². The first-order valence-corrected chi connectivity index (χ1v) is 15.2. The molecule has 8 heteroatoms. The highest BCUT2D eigenvalue weighted by molar-refractivity contribution is 7.87. The van der Waals surface area contributed by atoms with Crippen LogP contribution in [0, 0.1) is 0 Å². The van der Waals surface area contributed by atoms with Gasteiger partial charge in [0, 0.05) is 5.41 Å². The molecule has 0 aliphatic rings. The lowest BCUT2D eigenvalue weighted by Crippen LogP contribution is -2.19. The Bertz CT molecular complexity index is 1390. The summed E-state index contributed by atoms with van der Waals surface area (Å²) in [5.41, 5.74) is 1.56. The van der Waals surface area contributed by atoms with Gasteiger partial charge >= 0.3 is 21.5 Å². The van der Waals surface area contributed by atoms with Crippen molar-refractivity contribution in [1.82, 2.24) is 0 Å². The van der Waals surface area contributed by atoms with E-state index in [2.05, 4.69) is 13.8 Å². The third-order valence-corrected chi connectivity index (χ3v) is 7.38. The summed E-state index contributed by atoms with van der Waals surface area (Å²) < 4.78 is 52.9. The standard InChI is InChI=1S/C27H24O6S2.2C2H6/c1-27(2,21-13-17-24(18-14-21)32-34(28)31-23-9-5-3-6-10-23)22-15-19-25(20-16-22)33-35(29,30)26-11-7-4-8-12-26;2*1-2/h3-20H,1-2H3;2*1-2H3. The van der Waals surface area contributed by atoms with E-state index in [4.69, 9.17) is 12.5 Å². The SMILES string of the molecule is CC.CC.CC(C)(c1ccc(OS(=O)Oc2ccccc2)cc1)c1ccc(OS(=O)(=O)c2ccccc2)cc1. The molecule has 0 saturated carbocycles. The normalized spacial score (nSPS) is 11.5. The lowest BCUT2D eigenvalue weighted by Gasteiger charge is -2.26. The maximum Gasteiger partial charge on any atom is 0.417 e. The molecule has 0 saturated heterocycles. The monoisotopic (exact) mass is 568 g/mol. The minimum atomic E-state index is -3.90. The van der Waals surface area contributed by atoms with Crippen molar-refractivity contribution in [2.75, 3.05) is 0 Å². The van der Waals surface area contributed by atoms with Crippen molar-refractivity contribution < 1.29 is 25.2 Å². The van der Waals surface area contributed by atoms with E-state index in [1.54, 1.807) is 66.7 Å². The maximum atomic E-state index is 12.5. The van der Waals surface area contributed by atoms with Gasteiger partial charge in [-0.1, -0.05) is 102 Å². The quantitative estimate of drug-likeness (QED) is 0.191. The van der Waals surface area contributed by atoms with E-state index in [-0.39, 0.29) is 10.6 Å². The summed E-state index contributed by atoms with van der Waals surface area (Å²) in [7, 11) is -3.90. The third kappa shape index (κ3) is 8.97. The van der Waals surface area contributed by atoms with E-state index >= 15 is 0 Å². The Morgan fingerprint density at radius 3 is 1.41 bits per heavy atom. The zero-order chi connectivity index (χ0) is 28.9. The number of para-hydroxylation sites is 1. The number of rotatable bonds is 9. The van der Waals surface area contributed by atoms with Crippen LogP contribution in [0.25, 0.3) is 0 Å². The van der Waals surface area contributed by atoms with Gasteiger partial charge in [-0.15, -0.1) is 0 Å². The van der Waals surface area contributed by atoms with E-state index in [9.17, 15) is 12.6 Å². The van der Waals surface area contributed by atoms with Crippen molar-refractivity contribution in [3.8, 4) is 17.2 Å². The Morgan fingerprint density at radius 1 is 0.564 bits per heavy atom. The molecular weight excluding hydrogens is 532 g/mol. The molecule has 0 N–H and O–H groups in total. The van der Waals surface area contributed by atoms with E-state index in [1.165, 1.54) is 12.1 Å². The molecule has 0 aromatic heterocycles. The molecule has 0 heterocycles. The van der Waals surface area contributed by atoms with Crippen LogP contribution in [0.1, 0.15) is 52.7 Å². The molecule has 0 radical (unpaired) electrons. The summed E-state index contributed by atoms with van der Waals surface area (Å²) in [5, 5.41) is 0. The minimum absolute atomic E-state index is 0.0989. The van der Waals surface area contributed by atoms with Gasteiger partial charge in [0.2, 0.25) is 0 Å². The number of hydrogen-bond acceptors (Lipinski definition) is 6. The molecular formula is C31H36O6S2. The van der Waals surface area contributed by atoms with Crippen LogP contribution in [0.2, 0.25) is 0 Å². The van der Waals surface area contributed by atoms with Gasteiger partial charge in [-0.3, -0.25) is 0 Å². The smallest absolute Gasteiger partial charge is 0.379 e. The molecule has 0 aliphatic heterocycles. The van der Waals surface area contributed by atoms with Crippen molar-refractivity contribution in [3.63, 3.8) is 0 Å². The summed E-state index contributed by atoms with van der Waals surface area (Å²) in [6, 6.07) is 31.0. The Balaban J connectivity index is 0.00000127. The summed E-state index contributed by atoms with van der Waals surface area (Å²) >= 11 is -1.97. The number of hydrogen-bond donors (Lipinski definition) is 0. The fourth-order valence-corrected chi connectivity index (χ4v) is 4.95. The zero-order valence-corrected chi connectivity index (χ0v) is 24.8. The Kier molecular flexibility index (Phi) is 12.2. The predicted molar refractivity (Wildman–Crippen MR) is 158 cm³/mol. The molecule has 208 valence electrons. The zero-order valence-electron chi connectivity index (χ0n) is 23.2. The first-order chi connectivity index (χ1) is 18.7. The second-order valence-electron chi connectivity index (χ2n) is 8.21. The maximum absolute atomic E-state index is 12.5. The lowest BCUT2D eigenvalue weighted by molar-refractivity contribution is 0.461. The van der Waals surface area contributed by atoms with Gasteiger partial charge in [0.25, 0.3) is 0 Å². The van der Waals surface area contributed by atoms with Gasteiger partial charge in [0.05, 0.1) is 0 Å². The van der Waals surface area contributed by atoms with Gasteiger partial charge in [-0.25, -0.2) is 0 Å². The topological polar surface area (TPSA) is 78.9 Å². The van der Waals surface area contributed by atoms with Crippen molar-refractivity contribution in [3.05, 3.63) is 120 Å². The highest BCUT2D eigenvalue weighted by atomic mass is 32.2. The third-order valence-electron chi connectivity index (χ3n) is 5.46. The largest absolute Gasteiger partial charge is 0.417 e. The second-order valence-corrected chi connectivity index (χ2v) is 10.5. The summed E-state index contributed by atoms with van der Waals surface area (Å²) in [6.07, 6.45) is 0. The Hall–Kier alpha value is -3.62. The molecule has 39 heavy (non-hydrogen) atoms. The molecule has 4 aromatic rings. The highest BCUT2D eigenvalue weighted by Crippen LogP contribution is 2.34. The molecule has 4 rings (SSSR count). The minimum Gasteiger partial charge on any atom is -0.379 e. The lowest BCUT2D eigenvalue weighted by atomic mass is 9.78. The second kappa shape index (κ2) is 15.1. The van der Waals surface area contributed by atoms with Gasteiger partial charge in [0.15, 0.2) is 0 Å². The average Bonchev–Trinajstić information content (AvgIpc) is 2.96. The van der Waals surface area contributed by atoms with E-state index in [1.807, 2.05) is 58.0 Å². The highest BCUT2D eigenvalue weighted by Gasteiger charge is 2.24. The summed E-state index contributed by atoms with van der Waals surface area (Å²) in [4.78, 5) is 0.0989. The van der Waals surface area contributed by atoms with Crippen LogP contribution in [0.15, 0.2) is 114 Å². The molecule has 0 fully saturated rings. The van der Waals surface area contributed by atoms with Gasteiger partial charge in [-0.2, -0.15) is 12.6 Å². The van der Waals surface area contributed by atoms with Crippen LogP contribution in [0.5, 0.6) is 17.2 Å². The van der Waals surface area contributed by atoms with Crippen LogP contribution in [-0.2, 0) is 26.9 Å². The summed E-state index contributed by atoms with van der Waals surface area (Å²) in [6.45, 7) is 12.1. The fraction of sp³-hybridized carbons (Fsp3) is 0.226. The van der Waals surface area contributed by atoms with Crippen molar-refractivity contribution in [1.29, 1.82) is 0 Å². The first-order valence-electron chi connectivity index (χ1n) is 12.8. The van der Waals surface area contributed by atoms with Crippen LogP contribution in [-0.4, -0.2) is 12.6 Å². The summed E-state index contributed by atoms with van der Waals surface area (Å²) in [5.74, 6) is 1.10. The van der Waals surface area contributed by atoms with Crippen molar-refractivity contribution in [2.24, 2.45) is 0 Å².